The van der Waals surface area contributed by atoms with Gasteiger partial charge in [-0.15, -0.1) is 0 Å². The molecule has 1 unspecified atom stereocenters. The molecule has 7 nitrogen and oxygen atoms in total. The Kier molecular flexibility index (Phi) is 3.22. The summed E-state index contributed by atoms with van der Waals surface area (Å²) in [6.07, 6.45) is 1.12. The van der Waals surface area contributed by atoms with Crippen LogP contribution >= 0.6 is 0 Å². The molecule has 0 saturated carbocycles. The summed E-state index contributed by atoms with van der Waals surface area (Å²) in [5.74, 6) is 1.20. The van der Waals surface area contributed by atoms with Gasteiger partial charge in [0, 0.05) is 6.26 Å². The molecule has 0 fully saturated rings. The average molecular weight is 271 g/mol. The second kappa shape index (κ2) is 4.54. The van der Waals surface area contributed by atoms with Gasteiger partial charge in [-0.25, -0.2) is 8.42 Å². The number of furan rings is 1. The highest BCUT2D eigenvalue weighted by atomic mass is 32.2. The fraction of sp³-hybridized carbons (Fsp3) is 0.400. The first-order chi connectivity index (χ1) is 8.41. The number of sulfone groups is 1. The van der Waals surface area contributed by atoms with Gasteiger partial charge in [-0.2, -0.15) is 4.98 Å². The van der Waals surface area contributed by atoms with Crippen molar-refractivity contribution in [2.24, 2.45) is 5.73 Å². The zero-order valence-electron chi connectivity index (χ0n) is 9.95. The number of hydrogen-bond acceptors (Lipinski definition) is 7. The maximum Gasteiger partial charge on any atom is 0.293 e. The molecular weight excluding hydrogens is 258 g/mol. The van der Waals surface area contributed by atoms with Crippen molar-refractivity contribution >= 4 is 9.84 Å². The molecule has 1 atom stereocenters. The van der Waals surface area contributed by atoms with Crippen molar-refractivity contribution in [3.8, 4) is 11.7 Å². The van der Waals surface area contributed by atoms with E-state index in [1.54, 1.807) is 12.1 Å². The lowest BCUT2D eigenvalue weighted by molar-refractivity contribution is 0.404. The van der Waals surface area contributed by atoms with Crippen LogP contribution in [0.5, 0.6) is 0 Å². The molecule has 0 bridgehead atoms. The van der Waals surface area contributed by atoms with Crippen LogP contribution in [0, 0.1) is 0 Å². The number of nitrogens with two attached hydrogens (primary N) is 1. The Morgan fingerprint density at radius 3 is 2.72 bits per heavy atom. The second-order valence-corrected chi connectivity index (χ2v) is 6.27. The van der Waals surface area contributed by atoms with Crippen molar-refractivity contribution in [2.45, 2.75) is 18.7 Å². The molecule has 0 aliphatic rings. The first-order valence-electron chi connectivity index (χ1n) is 5.23. The molecular formula is C10H13N3O4S. The molecule has 18 heavy (non-hydrogen) atoms. The minimum Gasteiger partial charge on any atom is -0.455 e. The largest absolute Gasteiger partial charge is 0.455 e. The molecule has 2 aromatic heterocycles. The molecule has 0 radical (unpaired) electrons. The van der Waals surface area contributed by atoms with E-state index < -0.39 is 15.1 Å². The van der Waals surface area contributed by atoms with E-state index in [0.717, 1.165) is 6.26 Å². The Morgan fingerprint density at radius 2 is 2.17 bits per heavy atom. The SMILES string of the molecule is CC(c1noc(-c2ccc(CN)o2)n1)S(C)(=O)=O. The number of nitrogens with zero attached hydrogens (tertiary/aromatic N) is 2. The zero-order chi connectivity index (χ0) is 13.3. The van der Waals surface area contributed by atoms with Gasteiger partial charge < -0.3 is 14.7 Å². The van der Waals surface area contributed by atoms with Crippen LogP contribution in [0.3, 0.4) is 0 Å². The van der Waals surface area contributed by atoms with E-state index in [9.17, 15) is 8.42 Å². The van der Waals surface area contributed by atoms with Crippen LogP contribution in [0.2, 0.25) is 0 Å². The summed E-state index contributed by atoms with van der Waals surface area (Å²) in [6, 6.07) is 3.34. The summed E-state index contributed by atoms with van der Waals surface area (Å²) in [4.78, 5) is 4.00. The fourth-order valence-electron chi connectivity index (χ4n) is 1.29. The molecule has 98 valence electrons. The second-order valence-electron chi connectivity index (χ2n) is 3.90. The zero-order valence-corrected chi connectivity index (χ0v) is 10.8. The molecule has 2 rings (SSSR count). The van der Waals surface area contributed by atoms with E-state index >= 15 is 0 Å². The van der Waals surface area contributed by atoms with Gasteiger partial charge in [0.2, 0.25) is 0 Å². The minimum atomic E-state index is -3.26. The summed E-state index contributed by atoms with van der Waals surface area (Å²) in [6.45, 7) is 1.76. The molecule has 2 aromatic rings. The lowest BCUT2D eigenvalue weighted by atomic mass is 10.4. The third-order valence-electron chi connectivity index (χ3n) is 2.52. The molecule has 0 saturated heterocycles. The fourth-order valence-corrected chi connectivity index (χ4v) is 1.77. The van der Waals surface area contributed by atoms with E-state index in [1.165, 1.54) is 6.92 Å². The molecule has 0 aromatic carbocycles. The van der Waals surface area contributed by atoms with Crippen LogP contribution in [0.25, 0.3) is 11.7 Å². The van der Waals surface area contributed by atoms with Gasteiger partial charge in [0.15, 0.2) is 21.4 Å². The third kappa shape index (κ3) is 2.44. The van der Waals surface area contributed by atoms with Gasteiger partial charge in [0.1, 0.15) is 11.0 Å². The van der Waals surface area contributed by atoms with Crippen LogP contribution in [0.4, 0.5) is 0 Å². The van der Waals surface area contributed by atoms with Gasteiger partial charge in [0.05, 0.1) is 6.54 Å². The van der Waals surface area contributed by atoms with E-state index in [0.29, 0.717) is 11.5 Å². The maximum atomic E-state index is 11.4. The molecule has 0 amide bonds. The summed E-state index contributed by atoms with van der Waals surface area (Å²) in [5.41, 5.74) is 5.41. The molecule has 0 aliphatic heterocycles. The third-order valence-corrected chi connectivity index (χ3v) is 4.02. The predicted octanol–water partition coefficient (Wildman–Crippen LogP) is 0.894. The molecule has 0 spiro atoms. The van der Waals surface area contributed by atoms with Crippen molar-refractivity contribution in [2.75, 3.05) is 6.26 Å². The van der Waals surface area contributed by atoms with Gasteiger partial charge in [-0.1, -0.05) is 5.16 Å². The van der Waals surface area contributed by atoms with Crippen molar-refractivity contribution in [1.29, 1.82) is 0 Å². The monoisotopic (exact) mass is 271 g/mol. The van der Waals surface area contributed by atoms with Gasteiger partial charge >= 0.3 is 0 Å². The van der Waals surface area contributed by atoms with Crippen molar-refractivity contribution in [3.63, 3.8) is 0 Å². The van der Waals surface area contributed by atoms with Crippen LogP contribution in [-0.4, -0.2) is 24.8 Å². The number of hydrogen-bond donors (Lipinski definition) is 1. The lowest BCUT2D eigenvalue weighted by Crippen LogP contribution is -2.09. The van der Waals surface area contributed by atoms with Crippen LogP contribution < -0.4 is 5.73 Å². The predicted molar refractivity (Wildman–Crippen MR) is 63.2 cm³/mol. The summed E-state index contributed by atoms with van der Waals surface area (Å²) in [7, 11) is -3.26. The van der Waals surface area contributed by atoms with Crippen LogP contribution in [-0.2, 0) is 16.4 Å². The smallest absolute Gasteiger partial charge is 0.293 e. The highest BCUT2D eigenvalue weighted by molar-refractivity contribution is 7.90. The van der Waals surface area contributed by atoms with Crippen LogP contribution in [0.15, 0.2) is 21.1 Å². The van der Waals surface area contributed by atoms with Gasteiger partial charge in [0.25, 0.3) is 5.89 Å². The van der Waals surface area contributed by atoms with E-state index in [-0.39, 0.29) is 18.3 Å². The summed E-state index contributed by atoms with van der Waals surface area (Å²) in [5, 5.41) is 2.82. The summed E-state index contributed by atoms with van der Waals surface area (Å²) < 4.78 is 33.0. The van der Waals surface area contributed by atoms with Crippen LogP contribution in [0.1, 0.15) is 23.8 Å². The summed E-state index contributed by atoms with van der Waals surface area (Å²) >= 11 is 0. The highest BCUT2D eigenvalue weighted by Crippen LogP contribution is 2.24. The van der Waals surface area contributed by atoms with E-state index in [1.807, 2.05) is 0 Å². The Labute approximate surface area is 104 Å². The first kappa shape index (κ1) is 12.8. The van der Waals surface area contributed by atoms with E-state index in [2.05, 4.69) is 10.1 Å². The number of rotatable bonds is 4. The van der Waals surface area contributed by atoms with Gasteiger partial charge in [-0.3, -0.25) is 0 Å². The topological polar surface area (TPSA) is 112 Å². The van der Waals surface area contributed by atoms with E-state index in [4.69, 9.17) is 14.7 Å². The van der Waals surface area contributed by atoms with Crippen molar-refractivity contribution < 1.29 is 17.4 Å². The Balaban J connectivity index is 2.31. The maximum absolute atomic E-state index is 11.4. The Morgan fingerprint density at radius 1 is 1.44 bits per heavy atom. The standard InChI is InChI=1S/C10H13N3O4S/c1-6(18(2,14)15)9-12-10(17-13-9)8-4-3-7(5-11)16-8/h3-4,6H,5,11H2,1-2H3. The lowest BCUT2D eigenvalue weighted by Gasteiger charge is -2.01. The highest BCUT2D eigenvalue weighted by Gasteiger charge is 2.24. The first-order valence-corrected chi connectivity index (χ1v) is 7.19. The Hall–Kier alpha value is -1.67. The molecule has 8 heteroatoms. The van der Waals surface area contributed by atoms with Crippen molar-refractivity contribution in [3.05, 3.63) is 23.7 Å². The normalized spacial score (nSPS) is 13.7. The minimum absolute atomic E-state index is 0.109. The average Bonchev–Trinajstić information content (AvgIpc) is 2.95. The molecule has 2 heterocycles. The Bertz CT molecular complexity index is 644. The molecule has 0 aliphatic carbocycles. The van der Waals surface area contributed by atoms with Gasteiger partial charge in [-0.05, 0) is 19.1 Å². The van der Waals surface area contributed by atoms with Crippen molar-refractivity contribution in [1.82, 2.24) is 10.1 Å². The quantitative estimate of drug-likeness (QED) is 0.878. The molecule has 2 N–H and O–H groups in total. The number of aromatic nitrogens is 2.